The molecule has 21 heavy (non-hydrogen) atoms. The zero-order valence-electron chi connectivity index (χ0n) is 12.3. The Morgan fingerprint density at radius 3 is 2.62 bits per heavy atom. The van der Waals surface area contributed by atoms with Crippen LogP contribution in [0.15, 0.2) is 42.5 Å². The number of ether oxygens (including phenoxy) is 1. The van der Waals surface area contributed by atoms with E-state index < -0.39 is 0 Å². The molecule has 3 rings (SSSR count). The molecule has 0 aliphatic carbocycles. The SMILES string of the molecule is COc1ccc(CCn2c(C)nc3cc(N)ccc32)cc1. The zero-order valence-corrected chi connectivity index (χ0v) is 12.3. The average molecular weight is 281 g/mol. The average Bonchev–Trinajstić information content (AvgIpc) is 2.80. The van der Waals surface area contributed by atoms with Crippen molar-refractivity contribution in [1.29, 1.82) is 0 Å². The van der Waals surface area contributed by atoms with Crippen molar-refractivity contribution < 1.29 is 4.74 Å². The van der Waals surface area contributed by atoms with Crippen LogP contribution in [0.2, 0.25) is 0 Å². The molecule has 0 unspecified atom stereocenters. The minimum atomic E-state index is 0.752. The van der Waals surface area contributed by atoms with Gasteiger partial charge in [-0.3, -0.25) is 0 Å². The van der Waals surface area contributed by atoms with E-state index in [2.05, 4.69) is 21.7 Å². The summed E-state index contributed by atoms with van der Waals surface area (Å²) in [5, 5.41) is 0. The third-order valence-corrected chi connectivity index (χ3v) is 3.75. The summed E-state index contributed by atoms with van der Waals surface area (Å²) in [5.41, 5.74) is 9.95. The normalized spacial score (nSPS) is 11.0. The van der Waals surface area contributed by atoms with Gasteiger partial charge >= 0.3 is 0 Å². The number of hydrogen-bond donors (Lipinski definition) is 1. The summed E-state index contributed by atoms with van der Waals surface area (Å²) in [4.78, 5) is 4.58. The van der Waals surface area contributed by atoms with Gasteiger partial charge in [-0.1, -0.05) is 12.1 Å². The van der Waals surface area contributed by atoms with E-state index >= 15 is 0 Å². The molecule has 2 aromatic carbocycles. The Morgan fingerprint density at radius 1 is 1.14 bits per heavy atom. The second-order valence-electron chi connectivity index (χ2n) is 5.16. The lowest BCUT2D eigenvalue weighted by molar-refractivity contribution is 0.414. The van der Waals surface area contributed by atoms with Crippen molar-refractivity contribution in [3.05, 3.63) is 53.9 Å². The molecule has 0 saturated heterocycles. The van der Waals surface area contributed by atoms with Gasteiger partial charge in [0.05, 0.1) is 18.1 Å². The van der Waals surface area contributed by atoms with Gasteiger partial charge in [-0.15, -0.1) is 0 Å². The summed E-state index contributed by atoms with van der Waals surface area (Å²) in [7, 11) is 1.68. The van der Waals surface area contributed by atoms with Crippen LogP contribution in [0.4, 0.5) is 5.69 Å². The Balaban J connectivity index is 1.82. The molecule has 0 aliphatic heterocycles. The van der Waals surface area contributed by atoms with Crippen molar-refractivity contribution in [1.82, 2.24) is 9.55 Å². The Hall–Kier alpha value is -2.49. The molecule has 4 heteroatoms. The number of methoxy groups -OCH3 is 1. The first-order valence-electron chi connectivity index (χ1n) is 7.02. The number of fused-ring (bicyclic) bond motifs is 1. The van der Waals surface area contributed by atoms with E-state index in [1.807, 2.05) is 37.3 Å². The number of nitrogens with two attached hydrogens (primary N) is 1. The van der Waals surface area contributed by atoms with Crippen LogP contribution in [-0.4, -0.2) is 16.7 Å². The predicted octanol–water partition coefficient (Wildman–Crippen LogP) is 3.18. The second kappa shape index (κ2) is 5.48. The first-order chi connectivity index (χ1) is 10.2. The molecule has 0 atom stereocenters. The molecular formula is C17H19N3O. The lowest BCUT2D eigenvalue weighted by Gasteiger charge is -2.08. The van der Waals surface area contributed by atoms with E-state index in [-0.39, 0.29) is 0 Å². The molecule has 0 fully saturated rings. The van der Waals surface area contributed by atoms with Crippen molar-refractivity contribution in [3.8, 4) is 5.75 Å². The monoisotopic (exact) mass is 281 g/mol. The molecule has 0 saturated carbocycles. The van der Waals surface area contributed by atoms with Gasteiger partial charge in [-0.05, 0) is 49.2 Å². The van der Waals surface area contributed by atoms with Gasteiger partial charge in [0.25, 0.3) is 0 Å². The highest BCUT2D eigenvalue weighted by atomic mass is 16.5. The van der Waals surface area contributed by atoms with Crippen molar-refractivity contribution in [3.63, 3.8) is 0 Å². The third kappa shape index (κ3) is 2.70. The molecule has 0 amide bonds. The van der Waals surface area contributed by atoms with Gasteiger partial charge in [-0.2, -0.15) is 0 Å². The van der Waals surface area contributed by atoms with Gasteiger partial charge in [0.1, 0.15) is 11.6 Å². The van der Waals surface area contributed by atoms with E-state index in [1.165, 1.54) is 5.56 Å². The third-order valence-electron chi connectivity index (χ3n) is 3.75. The Morgan fingerprint density at radius 2 is 1.90 bits per heavy atom. The van der Waals surface area contributed by atoms with Crippen LogP contribution in [-0.2, 0) is 13.0 Å². The molecule has 3 aromatic rings. The van der Waals surface area contributed by atoms with E-state index in [0.717, 1.165) is 41.3 Å². The van der Waals surface area contributed by atoms with Crippen molar-refractivity contribution in [2.75, 3.05) is 12.8 Å². The minimum absolute atomic E-state index is 0.752. The van der Waals surface area contributed by atoms with Gasteiger partial charge in [0.2, 0.25) is 0 Å². The van der Waals surface area contributed by atoms with Crippen LogP contribution >= 0.6 is 0 Å². The number of benzene rings is 2. The molecule has 108 valence electrons. The fraction of sp³-hybridized carbons (Fsp3) is 0.235. The van der Waals surface area contributed by atoms with E-state index in [1.54, 1.807) is 7.11 Å². The molecule has 0 spiro atoms. The van der Waals surface area contributed by atoms with Crippen LogP contribution in [0.3, 0.4) is 0 Å². The standard InChI is InChI=1S/C17H19N3O/c1-12-19-16-11-14(18)5-8-17(16)20(12)10-9-13-3-6-15(21-2)7-4-13/h3-8,11H,9-10,18H2,1-2H3. The maximum absolute atomic E-state index is 5.81. The lowest BCUT2D eigenvalue weighted by Crippen LogP contribution is -2.03. The van der Waals surface area contributed by atoms with Crippen molar-refractivity contribution >= 4 is 16.7 Å². The smallest absolute Gasteiger partial charge is 0.118 e. The van der Waals surface area contributed by atoms with Gasteiger partial charge in [0, 0.05) is 12.2 Å². The highest BCUT2D eigenvalue weighted by Crippen LogP contribution is 2.20. The van der Waals surface area contributed by atoms with Gasteiger partial charge < -0.3 is 15.0 Å². The highest BCUT2D eigenvalue weighted by molar-refractivity contribution is 5.79. The molecule has 1 heterocycles. The molecule has 0 aliphatic rings. The molecule has 0 radical (unpaired) electrons. The largest absolute Gasteiger partial charge is 0.497 e. The molecule has 1 aromatic heterocycles. The summed E-state index contributed by atoms with van der Waals surface area (Å²) in [6.45, 7) is 2.93. The Labute approximate surface area is 124 Å². The van der Waals surface area contributed by atoms with E-state index in [9.17, 15) is 0 Å². The lowest BCUT2D eigenvalue weighted by atomic mass is 10.1. The van der Waals surface area contributed by atoms with Gasteiger partial charge in [0.15, 0.2) is 0 Å². The molecule has 4 nitrogen and oxygen atoms in total. The van der Waals surface area contributed by atoms with Crippen LogP contribution in [0.5, 0.6) is 5.75 Å². The maximum atomic E-state index is 5.81. The number of hydrogen-bond acceptors (Lipinski definition) is 3. The maximum Gasteiger partial charge on any atom is 0.118 e. The summed E-state index contributed by atoms with van der Waals surface area (Å²) in [6, 6.07) is 14.1. The minimum Gasteiger partial charge on any atom is -0.497 e. The highest BCUT2D eigenvalue weighted by Gasteiger charge is 2.07. The van der Waals surface area contributed by atoms with Crippen molar-refractivity contribution in [2.45, 2.75) is 19.9 Å². The van der Waals surface area contributed by atoms with E-state index in [4.69, 9.17) is 10.5 Å². The predicted molar refractivity (Wildman–Crippen MR) is 85.6 cm³/mol. The second-order valence-corrected chi connectivity index (χ2v) is 5.16. The molecular weight excluding hydrogens is 262 g/mol. The first-order valence-corrected chi connectivity index (χ1v) is 7.02. The number of aromatic nitrogens is 2. The van der Waals surface area contributed by atoms with Crippen LogP contribution in [0, 0.1) is 6.92 Å². The quantitative estimate of drug-likeness (QED) is 0.747. The fourth-order valence-corrected chi connectivity index (χ4v) is 2.58. The van der Waals surface area contributed by atoms with Crippen molar-refractivity contribution in [2.24, 2.45) is 0 Å². The molecule has 2 N–H and O–H groups in total. The number of aryl methyl sites for hydroxylation is 3. The summed E-state index contributed by atoms with van der Waals surface area (Å²) in [6.07, 6.45) is 0.959. The summed E-state index contributed by atoms with van der Waals surface area (Å²) in [5.74, 6) is 1.91. The van der Waals surface area contributed by atoms with Crippen LogP contribution < -0.4 is 10.5 Å². The number of rotatable bonds is 4. The fourth-order valence-electron chi connectivity index (χ4n) is 2.58. The van der Waals surface area contributed by atoms with Crippen LogP contribution in [0.25, 0.3) is 11.0 Å². The summed E-state index contributed by atoms with van der Waals surface area (Å²) >= 11 is 0. The summed E-state index contributed by atoms with van der Waals surface area (Å²) < 4.78 is 7.42. The zero-order chi connectivity index (χ0) is 14.8. The molecule has 0 bridgehead atoms. The Kier molecular flexibility index (Phi) is 3.52. The number of nitrogens with zero attached hydrogens (tertiary/aromatic N) is 2. The number of imidazole rings is 1. The topological polar surface area (TPSA) is 53.1 Å². The first kappa shape index (κ1) is 13.5. The number of anilines is 1. The van der Waals surface area contributed by atoms with E-state index in [0.29, 0.717) is 0 Å². The Bertz CT molecular complexity index is 760. The number of nitrogen functional groups attached to an aromatic ring is 1. The van der Waals surface area contributed by atoms with Gasteiger partial charge in [-0.25, -0.2) is 4.98 Å². The van der Waals surface area contributed by atoms with Crippen LogP contribution in [0.1, 0.15) is 11.4 Å².